The summed E-state index contributed by atoms with van der Waals surface area (Å²) in [5, 5.41) is 0. The second kappa shape index (κ2) is 5.97. The van der Waals surface area contributed by atoms with Crippen LogP contribution in [-0.2, 0) is 14.3 Å². The third-order valence-electron chi connectivity index (χ3n) is 1.40. The molecule has 0 aromatic carbocycles. The van der Waals surface area contributed by atoms with Crippen molar-refractivity contribution in [3.63, 3.8) is 0 Å². The number of esters is 1. The zero-order valence-corrected chi connectivity index (χ0v) is 8.44. The monoisotopic (exact) mass is 250 g/mol. The molecule has 0 aromatic heterocycles. The van der Waals surface area contributed by atoms with Gasteiger partial charge in [-0.1, -0.05) is 0 Å². The lowest BCUT2D eigenvalue weighted by molar-refractivity contribution is -0.251. The van der Waals surface area contributed by atoms with Gasteiger partial charge in [-0.3, -0.25) is 0 Å². The molecule has 0 rings (SSSR count). The second-order valence-electron chi connectivity index (χ2n) is 2.80. The van der Waals surface area contributed by atoms with Crippen LogP contribution < -0.4 is 0 Å². The summed E-state index contributed by atoms with van der Waals surface area (Å²) in [5.41, 5.74) is 0. The van der Waals surface area contributed by atoms with Crippen molar-refractivity contribution in [1.29, 1.82) is 0 Å². The highest BCUT2D eigenvalue weighted by Crippen LogP contribution is 2.23. The van der Waals surface area contributed by atoms with Crippen molar-refractivity contribution in [2.24, 2.45) is 0 Å². The summed E-state index contributed by atoms with van der Waals surface area (Å²) in [6.45, 7) is 0.184. The number of rotatable bonds is 6. The van der Waals surface area contributed by atoms with Gasteiger partial charge in [-0.15, -0.1) is 0 Å². The topological polar surface area (TPSA) is 35.5 Å². The van der Waals surface area contributed by atoms with Crippen LogP contribution in [0.15, 0.2) is 0 Å². The first kappa shape index (κ1) is 15.1. The minimum absolute atomic E-state index is 0.264. The maximum Gasteiger partial charge on any atom is 0.456 e. The Labute approximate surface area is 88.5 Å². The summed E-state index contributed by atoms with van der Waals surface area (Å²) < 4.78 is 67.9. The lowest BCUT2D eigenvalue weighted by atomic mass is 10.3. The van der Waals surface area contributed by atoms with E-state index >= 15 is 0 Å². The zero-order valence-electron chi connectivity index (χ0n) is 8.44. The molecule has 0 aliphatic heterocycles. The number of hydrogen-bond acceptors (Lipinski definition) is 3. The van der Waals surface area contributed by atoms with E-state index in [1.807, 2.05) is 0 Å². The molecule has 0 bridgehead atoms. The van der Waals surface area contributed by atoms with Crippen molar-refractivity contribution in [3.05, 3.63) is 0 Å². The molecule has 0 saturated carbocycles. The Morgan fingerprint density at radius 3 is 2.19 bits per heavy atom. The maximum atomic E-state index is 12.6. The van der Waals surface area contributed by atoms with Crippen molar-refractivity contribution >= 4 is 5.97 Å². The highest BCUT2D eigenvalue weighted by Gasteiger charge is 2.42. The Kier molecular flexibility index (Phi) is 5.63. The first-order chi connectivity index (χ1) is 7.19. The summed E-state index contributed by atoms with van der Waals surface area (Å²) in [6.07, 6.45) is -10.5. The molecular formula is C8H11F5O3. The Morgan fingerprint density at radius 2 is 1.75 bits per heavy atom. The summed E-state index contributed by atoms with van der Waals surface area (Å²) in [4.78, 5) is 10.5. The van der Waals surface area contributed by atoms with E-state index in [1.165, 1.54) is 6.92 Å². The molecule has 0 aromatic rings. The van der Waals surface area contributed by atoms with Gasteiger partial charge in [-0.05, 0) is 13.3 Å². The quantitative estimate of drug-likeness (QED) is 0.413. The molecule has 0 aliphatic rings. The Bertz CT molecular complexity index is 226. The van der Waals surface area contributed by atoms with Gasteiger partial charge < -0.3 is 9.47 Å². The van der Waals surface area contributed by atoms with E-state index in [1.54, 1.807) is 0 Å². The van der Waals surface area contributed by atoms with E-state index in [9.17, 15) is 26.7 Å². The lowest BCUT2D eigenvalue weighted by Crippen LogP contribution is -2.34. The molecule has 96 valence electrons. The van der Waals surface area contributed by atoms with Crippen LogP contribution in [-0.4, -0.2) is 31.5 Å². The normalized spacial score (nSPS) is 12.6. The van der Waals surface area contributed by atoms with Crippen LogP contribution in [0.5, 0.6) is 0 Å². The van der Waals surface area contributed by atoms with Gasteiger partial charge in [0.05, 0.1) is 13.2 Å². The van der Waals surface area contributed by atoms with Crippen molar-refractivity contribution in [2.75, 3.05) is 13.2 Å². The van der Waals surface area contributed by atoms with Crippen LogP contribution in [0, 0.1) is 0 Å². The van der Waals surface area contributed by atoms with E-state index in [4.69, 9.17) is 0 Å². The van der Waals surface area contributed by atoms with E-state index < -0.39 is 37.7 Å². The van der Waals surface area contributed by atoms with Gasteiger partial charge in [0.15, 0.2) is 0 Å². The average molecular weight is 250 g/mol. The molecule has 0 atom stereocenters. The van der Waals surface area contributed by atoms with Crippen LogP contribution in [0.2, 0.25) is 0 Å². The maximum absolute atomic E-state index is 12.6. The van der Waals surface area contributed by atoms with Gasteiger partial charge in [-0.2, -0.15) is 22.0 Å². The number of carbonyl (C=O) groups excluding carboxylic acids is 1. The fourth-order valence-electron chi connectivity index (χ4n) is 0.747. The van der Waals surface area contributed by atoms with E-state index in [0.29, 0.717) is 0 Å². The number of alkyl halides is 5. The fourth-order valence-corrected chi connectivity index (χ4v) is 0.747. The van der Waals surface area contributed by atoms with E-state index in [0.717, 1.165) is 0 Å². The van der Waals surface area contributed by atoms with Gasteiger partial charge >= 0.3 is 18.3 Å². The van der Waals surface area contributed by atoms with Gasteiger partial charge in [0.2, 0.25) is 0 Å². The van der Waals surface area contributed by atoms with Gasteiger partial charge in [-0.25, -0.2) is 4.79 Å². The Hall–Kier alpha value is -0.920. The molecule has 0 spiro atoms. The predicted molar refractivity (Wildman–Crippen MR) is 42.8 cm³/mol. The molecule has 0 heterocycles. The molecule has 0 radical (unpaired) electrons. The molecule has 0 unspecified atom stereocenters. The Morgan fingerprint density at radius 1 is 1.19 bits per heavy atom. The molecule has 0 aliphatic carbocycles. The minimum Gasteiger partial charge on any atom is -0.460 e. The van der Waals surface area contributed by atoms with E-state index in [2.05, 4.69) is 9.47 Å². The van der Waals surface area contributed by atoms with Crippen LogP contribution in [0.3, 0.4) is 0 Å². The number of carbonyl (C=O) groups is 1. The first-order valence-electron chi connectivity index (χ1n) is 4.45. The molecule has 0 N–H and O–H groups in total. The first-order valence-corrected chi connectivity index (χ1v) is 4.45. The van der Waals surface area contributed by atoms with Crippen LogP contribution in [0.25, 0.3) is 0 Å². The molecule has 8 heteroatoms. The molecule has 0 fully saturated rings. The summed E-state index contributed by atoms with van der Waals surface area (Å²) in [7, 11) is 0. The predicted octanol–water partition coefficient (Wildman–Crippen LogP) is 2.50. The third kappa shape index (κ3) is 6.54. The van der Waals surface area contributed by atoms with Gasteiger partial charge in [0, 0.05) is 6.42 Å². The second-order valence-corrected chi connectivity index (χ2v) is 2.80. The van der Waals surface area contributed by atoms with Crippen LogP contribution in [0.4, 0.5) is 22.0 Å². The lowest BCUT2D eigenvalue weighted by Gasteiger charge is -2.15. The molecule has 0 amide bonds. The summed E-state index contributed by atoms with van der Waals surface area (Å²) in [6, 6.07) is 0. The van der Waals surface area contributed by atoms with Crippen LogP contribution >= 0.6 is 0 Å². The number of hydrogen-bond donors (Lipinski definition) is 0. The third-order valence-corrected chi connectivity index (χ3v) is 1.40. The van der Waals surface area contributed by atoms with Gasteiger partial charge in [0.25, 0.3) is 0 Å². The standard InChI is InChI=1S/C8H11F5O3/c1-2-15-6(14)8(12,13)16-5-3-4-7(9,10)11/h2-5H2,1H3. The molecule has 0 saturated heterocycles. The van der Waals surface area contributed by atoms with Crippen molar-refractivity contribution < 1.29 is 36.2 Å². The largest absolute Gasteiger partial charge is 0.460 e. The molecular weight excluding hydrogens is 239 g/mol. The van der Waals surface area contributed by atoms with Crippen molar-refractivity contribution in [2.45, 2.75) is 32.1 Å². The molecule has 16 heavy (non-hydrogen) atoms. The summed E-state index contributed by atoms with van der Waals surface area (Å²) in [5.74, 6) is -1.90. The SMILES string of the molecule is CCOC(=O)C(F)(F)OCCCC(F)(F)F. The number of halogens is 5. The van der Waals surface area contributed by atoms with Gasteiger partial charge in [0.1, 0.15) is 0 Å². The smallest absolute Gasteiger partial charge is 0.456 e. The number of ether oxygens (including phenoxy) is 2. The highest BCUT2D eigenvalue weighted by molar-refractivity contribution is 5.75. The Balaban J connectivity index is 3.87. The van der Waals surface area contributed by atoms with E-state index in [-0.39, 0.29) is 6.61 Å². The highest BCUT2D eigenvalue weighted by atomic mass is 19.4. The zero-order chi connectivity index (χ0) is 12.8. The minimum atomic E-state index is -4.43. The van der Waals surface area contributed by atoms with Crippen molar-refractivity contribution in [3.8, 4) is 0 Å². The summed E-state index contributed by atoms with van der Waals surface area (Å²) >= 11 is 0. The average Bonchev–Trinajstić information content (AvgIpc) is 2.11. The fraction of sp³-hybridized carbons (Fsp3) is 0.875. The molecule has 3 nitrogen and oxygen atoms in total. The van der Waals surface area contributed by atoms with Crippen molar-refractivity contribution in [1.82, 2.24) is 0 Å². The van der Waals surface area contributed by atoms with Crippen LogP contribution in [0.1, 0.15) is 19.8 Å².